The zero-order valence-corrected chi connectivity index (χ0v) is 13.6. The Morgan fingerprint density at radius 2 is 1.86 bits per heavy atom. The van der Waals surface area contributed by atoms with E-state index < -0.39 is 0 Å². The predicted molar refractivity (Wildman–Crippen MR) is 90.6 cm³/mol. The molecule has 0 unspecified atom stereocenters. The summed E-state index contributed by atoms with van der Waals surface area (Å²) in [7, 11) is 0. The lowest BCUT2D eigenvalue weighted by molar-refractivity contribution is -0.118. The third-order valence-electron chi connectivity index (χ3n) is 3.74. The number of carbonyl (C=O) groups is 1. The molecule has 0 radical (unpaired) electrons. The summed E-state index contributed by atoms with van der Waals surface area (Å²) < 4.78 is 13.7. The van der Waals surface area contributed by atoms with Gasteiger partial charge in [-0.3, -0.25) is 4.79 Å². The zero-order valence-electron chi connectivity index (χ0n) is 12.0. The van der Waals surface area contributed by atoms with Crippen LogP contribution in [0, 0.1) is 5.82 Å². The number of nitrogens with zero attached hydrogens (tertiary/aromatic N) is 2. The normalized spacial score (nSPS) is 13.9. The molecule has 0 aliphatic carbocycles. The number of anilines is 3. The largest absolute Gasteiger partial charge is 0.338 e. The third kappa shape index (κ3) is 2.86. The van der Waals surface area contributed by atoms with Gasteiger partial charge < -0.3 is 9.80 Å². The number of hydrogen-bond acceptors (Lipinski definition) is 2. The van der Waals surface area contributed by atoms with E-state index >= 15 is 0 Å². The highest BCUT2D eigenvalue weighted by atomic mass is 79.9. The van der Waals surface area contributed by atoms with Crippen LogP contribution < -0.4 is 9.80 Å². The summed E-state index contributed by atoms with van der Waals surface area (Å²) in [5.41, 5.74) is 2.50. The first-order valence-corrected chi connectivity index (χ1v) is 8.31. The number of halogens is 2. The van der Waals surface area contributed by atoms with Crippen molar-refractivity contribution in [3.8, 4) is 0 Å². The molecule has 3 nitrogen and oxygen atoms in total. The Morgan fingerprint density at radius 3 is 2.59 bits per heavy atom. The van der Waals surface area contributed by atoms with E-state index in [1.807, 2.05) is 30.3 Å². The number of fused-ring (bicyclic) bond motifs is 1. The Hall–Kier alpha value is -1.88. The highest BCUT2D eigenvalue weighted by Gasteiger charge is 2.27. The predicted octanol–water partition coefficient (Wildman–Crippen LogP) is 4.10. The fourth-order valence-electron chi connectivity index (χ4n) is 2.73. The molecule has 0 saturated heterocycles. The maximum absolute atomic E-state index is 13.7. The molecule has 3 rings (SSSR count). The molecule has 1 aliphatic heterocycles. The molecule has 2 aromatic carbocycles. The van der Waals surface area contributed by atoms with E-state index in [-0.39, 0.29) is 11.7 Å². The number of benzene rings is 2. The molecule has 0 N–H and O–H groups in total. The molecule has 22 heavy (non-hydrogen) atoms. The van der Waals surface area contributed by atoms with E-state index in [4.69, 9.17) is 0 Å². The Bertz CT molecular complexity index is 678. The fraction of sp³-hybridized carbons (Fsp3) is 0.235. The van der Waals surface area contributed by atoms with Crippen molar-refractivity contribution in [3.63, 3.8) is 0 Å². The minimum atomic E-state index is -0.297. The third-order valence-corrected chi connectivity index (χ3v) is 4.14. The van der Waals surface area contributed by atoms with Crippen LogP contribution in [0.4, 0.5) is 21.5 Å². The Morgan fingerprint density at radius 1 is 1.09 bits per heavy atom. The topological polar surface area (TPSA) is 23.6 Å². The molecule has 1 heterocycles. The second-order valence-electron chi connectivity index (χ2n) is 5.10. The van der Waals surface area contributed by atoms with Crippen LogP contribution in [0.2, 0.25) is 0 Å². The highest BCUT2D eigenvalue weighted by molar-refractivity contribution is 9.09. The molecule has 1 aliphatic rings. The van der Waals surface area contributed by atoms with Gasteiger partial charge in [0.25, 0.3) is 0 Å². The van der Waals surface area contributed by atoms with Gasteiger partial charge in [-0.1, -0.05) is 34.1 Å². The second kappa shape index (κ2) is 6.48. The summed E-state index contributed by atoms with van der Waals surface area (Å²) in [6.45, 7) is 1.24. The lowest BCUT2D eigenvalue weighted by Gasteiger charge is -2.37. The molecule has 0 atom stereocenters. The van der Waals surface area contributed by atoms with Gasteiger partial charge in [0.2, 0.25) is 5.91 Å². The molecular formula is C17H16BrFN2O. The number of amides is 1. The van der Waals surface area contributed by atoms with Gasteiger partial charge in [-0.25, -0.2) is 4.39 Å². The average molecular weight is 363 g/mol. The molecule has 0 fully saturated rings. The van der Waals surface area contributed by atoms with Crippen LogP contribution in [0.5, 0.6) is 0 Å². The maximum Gasteiger partial charge on any atom is 0.227 e. The van der Waals surface area contributed by atoms with Gasteiger partial charge in [0, 0.05) is 30.5 Å². The van der Waals surface area contributed by atoms with E-state index in [9.17, 15) is 9.18 Å². The molecule has 0 aromatic heterocycles. The number of para-hydroxylation sites is 1. The molecule has 1 amide bonds. The van der Waals surface area contributed by atoms with Gasteiger partial charge in [-0.05, 0) is 30.3 Å². The molecule has 2 aromatic rings. The molecular weight excluding hydrogens is 347 g/mol. The van der Waals surface area contributed by atoms with E-state index in [0.29, 0.717) is 24.8 Å². The number of rotatable bonds is 3. The van der Waals surface area contributed by atoms with Crippen molar-refractivity contribution in [1.29, 1.82) is 0 Å². The van der Waals surface area contributed by atoms with Gasteiger partial charge in [0.1, 0.15) is 5.82 Å². The molecule has 114 valence electrons. The van der Waals surface area contributed by atoms with Crippen LogP contribution in [0.1, 0.15) is 6.42 Å². The van der Waals surface area contributed by atoms with Crippen LogP contribution in [-0.4, -0.2) is 24.3 Å². The summed E-state index contributed by atoms with van der Waals surface area (Å²) >= 11 is 3.30. The minimum Gasteiger partial charge on any atom is -0.338 e. The standard InChI is InChI=1S/C17H16BrFN2O/c18-9-8-17(22)21-11-10-20(14-4-2-1-3-5-14)16-12-13(19)6-7-15(16)21/h1-7,12H,8-11H2. The Kier molecular flexibility index (Phi) is 4.43. The lowest BCUT2D eigenvalue weighted by Crippen LogP contribution is -2.42. The van der Waals surface area contributed by atoms with Crippen LogP contribution in [0.3, 0.4) is 0 Å². The minimum absolute atomic E-state index is 0.0532. The first-order chi connectivity index (χ1) is 10.7. The fourth-order valence-corrected chi connectivity index (χ4v) is 3.07. The van der Waals surface area contributed by atoms with Gasteiger partial charge in [0.15, 0.2) is 0 Å². The van der Waals surface area contributed by atoms with Crippen molar-refractivity contribution >= 4 is 38.9 Å². The van der Waals surface area contributed by atoms with Gasteiger partial charge in [0.05, 0.1) is 11.4 Å². The van der Waals surface area contributed by atoms with Crippen molar-refractivity contribution in [2.75, 3.05) is 28.2 Å². The smallest absolute Gasteiger partial charge is 0.227 e. The van der Waals surface area contributed by atoms with Crippen LogP contribution in [-0.2, 0) is 4.79 Å². The van der Waals surface area contributed by atoms with Crippen LogP contribution >= 0.6 is 15.9 Å². The Labute approximate surface area is 137 Å². The van der Waals surface area contributed by atoms with Crippen molar-refractivity contribution in [2.45, 2.75) is 6.42 Å². The second-order valence-corrected chi connectivity index (χ2v) is 5.90. The number of hydrogen-bond donors (Lipinski definition) is 0. The van der Waals surface area contributed by atoms with Crippen LogP contribution in [0.15, 0.2) is 48.5 Å². The first-order valence-electron chi connectivity index (χ1n) is 7.19. The molecule has 5 heteroatoms. The van der Waals surface area contributed by atoms with E-state index in [1.165, 1.54) is 12.1 Å². The first kappa shape index (κ1) is 15.0. The van der Waals surface area contributed by atoms with E-state index in [2.05, 4.69) is 20.8 Å². The monoisotopic (exact) mass is 362 g/mol. The quantitative estimate of drug-likeness (QED) is 0.767. The highest BCUT2D eigenvalue weighted by Crippen LogP contribution is 2.38. The van der Waals surface area contributed by atoms with Crippen molar-refractivity contribution in [2.24, 2.45) is 0 Å². The average Bonchev–Trinajstić information content (AvgIpc) is 2.54. The number of alkyl halides is 1. The van der Waals surface area contributed by atoms with E-state index in [1.54, 1.807) is 11.0 Å². The summed E-state index contributed by atoms with van der Waals surface area (Å²) in [5.74, 6) is -0.244. The summed E-state index contributed by atoms with van der Waals surface area (Å²) in [4.78, 5) is 16.1. The molecule has 0 spiro atoms. The van der Waals surface area contributed by atoms with Crippen molar-refractivity contribution in [1.82, 2.24) is 0 Å². The van der Waals surface area contributed by atoms with Gasteiger partial charge in [-0.15, -0.1) is 0 Å². The Balaban J connectivity index is 2.02. The SMILES string of the molecule is O=C(CCBr)N1CCN(c2ccccc2)c2cc(F)ccc21. The summed E-state index contributed by atoms with van der Waals surface area (Å²) in [6, 6.07) is 14.4. The molecule has 0 bridgehead atoms. The molecule has 0 saturated carbocycles. The summed E-state index contributed by atoms with van der Waals surface area (Å²) in [5, 5.41) is 0.626. The number of carbonyl (C=O) groups excluding carboxylic acids is 1. The summed E-state index contributed by atoms with van der Waals surface area (Å²) in [6.07, 6.45) is 0.433. The van der Waals surface area contributed by atoms with E-state index in [0.717, 1.165) is 17.1 Å². The van der Waals surface area contributed by atoms with Crippen molar-refractivity contribution in [3.05, 3.63) is 54.3 Å². The van der Waals surface area contributed by atoms with Gasteiger partial charge >= 0.3 is 0 Å². The van der Waals surface area contributed by atoms with Crippen LogP contribution in [0.25, 0.3) is 0 Å². The maximum atomic E-state index is 13.7. The lowest BCUT2D eigenvalue weighted by atomic mass is 10.1. The van der Waals surface area contributed by atoms with Crippen molar-refractivity contribution < 1.29 is 9.18 Å². The zero-order chi connectivity index (χ0) is 15.5. The van der Waals surface area contributed by atoms with Gasteiger partial charge in [-0.2, -0.15) is 0 Å².